The minimum absolute atomic E-state index is 0.114. The van der Waals surface area contributed by atoms with E-state index in [2.05, 4.69) is 16.0 Å². The molecule has 4 amide bonds. The van der Waals surface area contributed by atoms with Crippen LogP contribution in [0.4, 0.5) is 0 Å². The van der Waals surface area contributed by atoms with E-state index in [0.29, 0.717) is 23.7 Å². The van der Waals surface area contributed by atoms with Gasteiger partial charge < -0.3 is 35.1 Å². The molecule has 2 atom stereocenters. The van der Waals surface area contributed by atoms with Gasteiger partial charge in [0.05, 0.1) is 32.2 Å². The van der Waals surface area contributed by atoms with Crippen LogP contribution < -0.4 is 30.2 Å². The first-order chi connectivity index (χ1) is 19.6. The number of para-hydroxylation sites is 1. The van der Waals surface area contributed by atoms with Gasteiger partial charge in [-0.15, -0.1) is 0 Å². The standard InChI is InChI=1S/C30H40N4O7/c1-19(2)16-23-30(38)34(4)13-15-41-24-9-7-6-8-21(24)28(36)33-22(18-27(35)32-23)29(37)31-12-14-40-25-11-10-20(3)17-26(25)39-5/h6-11,17,19,22-23H,12-16,18H2,1-5H3,(H,31,37)(H,32,35)(H,33,36)/t22-,23-/m0/s1. The molecule has 0 saturated carbocycles. The maximum atomic E-state index is 13.2. The van der Waals surface area contributed by atoms with E-state index < -0.39 is 29.8 Å². The molecule has 0 spiro atoms. The first-order valence-corrected chi connectivity index (χ1v) is 13.7. The average molecular weight is 569 g/mol. The lowest BCUT2D eigenvalue weighted by atomic mass is 10.0. The van der Waals surface area contributed by atoms with Crippen molar-refractivity contribution in [2.75, 3.05) is 40.5 Å². The normalized spacial score (nSPS) is 18.4. The summed E-state index contributed by atoms with van der Waals surface area (Å²) in [5, 5.41) is 8.16. The minimum Gasteiger partial charge on any atom is -0.493 e. The zero-order chi connectivity index (χ0) is 29.9. The number of methoxy groups -OCH3 is 1. The molecular formula is C30H40N4O7. The van der Waals surface area contributed by atoms with Gasteiger partial charge in [0.25, 0.3) is 5.91 Å². The molecule has 0 radical (unpaired) electrons. The summed E-state index contributed by atoms with van der Waals surface area (Å²) in [5.74, 6) is -0.369. The van der Waals surface area contributed by atoms with E-state index in [-0.39, 0.29) is 50.1 Å². The highest BCUT2D eigenvalue weighted by Gasteiger charge is 2.30. The van der Waals surface area contributed by atoms with E-state index in [1.807, 2.05) is 32.9 Å². The van der Waals surface area contributed by atoms with Crippen LogP contribution in [0, 0.1) is 12.8 Å². The Kier molecular flexibility index (Phi) is 11.4. The molecule has 222 valence electrons. The van der Waals surface area contributed by atoms with Gasteiger partial charge in [-0.3, -0.25) is 19.2 Å². The number of benzene rings is 2. The van der Waals surface area contributed by atoms with E-state index in [4.69, 9.17) is 14.2 Å². The maximum Gasteiger partial charge on any atom is 0.255 e. The molecule has 0 saturated heterocycles. The third-order valence-corrected chi connectivity index (χ3v) is 6.52. The highest BCUT2D eigenvalue weighted by molar-refractivity contribution is 6.01. The fourth-order valence-electron chi connectivity index (χ4n) is 4.38. The fourth-order valence-corrected chi connectivity index (χ4v) is 4.38. The van der Waals surface area contributed by atoms with Gasteiger partial charge in [0, 0.05) is 7.05 Å². The highest BCUT2D eigenvalue weighted by atomic mass is 16.5. The highest BCUT2D eigenvalue weighted by Crippen LogP contribution is 2.27. The third kappa shape index (κ3) is 9.12. The number of ether oxygens (including phenoxy) is 3. The van der Waals surface area contributed by atoms with Crippen molar-refractivity contribution in [2.45, 2.75) is 45.7 Å². The number of carbonyl (C=O) groups excluding carboxylic acids is 4. The first-order valence-electron chi connectivity index (χ1n) is 13.7. The lowest BCUT2D eigenvalue weighted by Gasteiger charge is -2.27. The number of nitrogens with one attached hydrogen (secondary N) is 3. The van der Waals surface area contributed by atoms with Crippen molar-refractivity contribution in [1.29, 1.82) is 0 Å². The van der Waals surface area contributed by atoms with E-state index in [0.717, 1.165) is 5.56 Å². The second kappa shape index (κ2) is 14.9. The summed E-state index contributed by atoms with van der Waals surface area (Å²) < 4.78 is 16.9. The molecule has 0 aromatic heterocycles. The minimum atomic E-state index is -1.21. The molecule has 1 aliphatic heterocycles. The Bertz CT molecular complexity index is 1230. The number of hydrogen-bond acceptors (Lipinski definition) is 7. The topological polar surface area (TPSA) is 135 Å². The molecule has 2 aromatic rings. The molecule has 3 N–H and O–H groups in total. The van der Waals surface area contributed by atoms with Crippen molar-refractivity contribution in [3.63, 3.8) is 0 Å². The molecule has 0 unspecified atom stereocenters. The summed E-state index contributed by atoms with van der Waals surface area (Å²) in [6.45, 7) is 6.50. The van der Waals surface area contributed by atoms with Crippen molar-refractivity contribution in [3.05, 3.63) is 53.6 Å². The number of aryl methyl sites for hydroxylation is 1. The third-order valence-electron chi connectivity index (χ3n) is 6.52. The predicted molar refractivity (Wildman–Crippen MR) is 153 cm³/mol. The molecule has 1 aliphatic rings. The number of likely N-dealkylation sites (N-methyl/N-ethyl adjacent to an activating group) is 1. The van der Waals surface area contributed by atoms with Gasteiger partial charge >= 0.3 is 0 Å². The molecule has 0 bridgehead atoms. The Morgan fingerprint density at radius 3 is 2.61 bits per heavy atom. The Hall–Kier alpha value is -4.28. The molecule has 11 nitrogen and oxygen atoms in total. The molecule has 11 heteroatoms. The zero-order valence-electron chi connectivity index (χ0n) is 24.3. The van der Waals surface area contributed by atoms with Crippen molar-refractivity contribution in [1.82, 2.24) is 20.9 Å². The zero-order valence-corrected chi connectivity index (χ0v) is 24.3. The summed E-state index contributed by atoms with van der Waals surface area (Å²) in [7, 11) is 3.19. The Morgan fingerprint density at radius 2 is 1.88 bits per heavy atom. The summed E-state index contributed by atoms with van der Waals surface area (Å²) in [5.41, 5.74) is 1.23. The van der Waals surface area contributed by atoms with Crippen LogP contribution in [-0.2, 0) is 14.4 Å². The molecule has 1 heterocycles. The van der Waals surface area contributed by atoms with Crippen molar-refractivity contribution < 1.29 is 33.4 Å². The van der Waals surface area contributed by atoms with Gasteiger partial charge in [-0.25, -0.2) is 0 Å². The maximum absolute atomic E-state index is 13.2. The second-order valence-corrected chi connectivity index (χ2v) is 10.4. The number of rotatable bonds is 8. The number of amides is 4. The summed E-state index contributed by atoms with van der Waals surface area (Å²) in [4.78, 5) is 54.2. The van der Waals surface area contributed by atoms with Crippen molar-refractivity contribution in [3.8, 4) is 17.2 Å². The number of hydrogen-bond donors (Lipinski definition) is 3. The molecule has 3 rings (SSSR count). The van der Waals surface area contributed by atoms with Crippen LogP contribution in [0.5, 0.6) is 17.2 Å². The molecule has 0 aliphatic carbocycles. The Balaban J connectivity index is 1.77. The number of nitrogens with zero attached hydrogens (tertiary/aromatic N) is 1. The van der Waals surface area contributed by atoms with Gasteiger partial charge in [-0.2, -0.15) is 0 Å². The van der Waals surface area contributed by atoms with Gasteiger partial charge in [0.2, 0.25) is 17.7 Å². The van der Waals surface area contributed by atoms with Gasteiger partial charge in [-0.05, 0) is 49.1 Å². The van der Waals surface area contributed by atoms with E-state index in [1.165, 1.54) is 4.90 Å². The largest absolute Gasteiger partial charge is 0.493 e. The molecule has 2 aromatic carbocycles. The monoisotopic (exact) mass is 568 g/mol. The lowest BCUT2D eigenvalue weighted by Crippen LogP contribution is -2.53. The van der Waals surface area contributed by atoms with Crippen LogP contribution in [0.2, 0.25) is 0 Å². The number of carbonyl (C=O) groups is 4. The lowest BCUT2D eigenvalue weighted by molar-refractivity contribution is -0.136. The van der Waals surface area contributed by atoms with Gasteiger partial charge in [0.1, 0.15) is 31.0 Å². The number of fused-ring (bicyclic) bond motifs is 1. The van der Waals surface area contributed by atoms with Crippen molar-refractivity contribution >= 4 is 23.6 Å². The van der Waals surface area contributed by atoms with Gasteiger partial charge in [0.15, 0.2) is 11.5 Å². The summed E-state index contributed by atoms with van der Waals surface area (Å²) >= 11 is 0. The summed E-state index contributed by atoms with van der Waals surface area (Å²) in [6.07, 6.45) is 0.0560. The first kappa shape index (κ1) is 31.3. The SMILES string of the molecule is COc1cc(C)ccc1OCCNC(=O)[C@@H]1CC(=O)N[C@@H](CC(C)C)C(=O)N(C)CCOc2ccccc2C(=O)N1. The smallest absolute Gasteiger partial charge is 0.255 e. The van der Waals surface area contributed by atoms with Crippen LogP contribution in [0.15, 0.2) is 42.5 Å². The average Bonchev–Trinajstić information content (AvgIpc) is 2.94. The van der Waals surface area contributed by atoms with Crippen LogP contribution in [0.1, 0.15) is 42.6 Å². The van der Waals surface area contributed by atoms with Crippen LogP contribution >= 0.6 is 0 Å². The van der Waals surface area contributed by atoms with E-state index >= 15 is 0 Å². The van der Waals surface area contributed by atoms with Gasteiger partial charge in [-0.1, -0.05) is 32.0 Å². The van der Waals surface area contributed by atoms with Crippen molar-refractivity contribution in [2.24, 2.45) is 5.92 Å². The van der Waals surface area contributed by atoms with Crippen LogP contribution in [-0.4, -0.2) is 81.1 Å². The van der Waals surface area contributed by atoms with E-state index in [9.17, 15) is 19.2 Å². The van der Waals surface area contributed by atoms with Crippen LogP contribution in [0.25, 0.3) is 0 Å². The second-order valence-electron chi connectivity index (χ2n) is 10.4. The predicted octanol–water partition coefficient (Wildman–Crippen LogP) is 2.07. The molecule has 41 heavy (non-hydrogen) atoms. The molecular weight excluding hydrogens is 528 g/mol. The quantitative estimate of drug-likeness (QED) is 0.415. The summed E-state index contributed by atoms with van der Waals surface area (Å²) in [6, 6.07) is 10.1. The molecule has 0 fully saturated rings. The Labute approximate surface area is 240 Å². The Morgan fingerprint density at radius 1 is 1.12 bits per heavy atom. The fraction of sp³-hybridized carbons (Fsp3) is 0.467. The van der Waals surface area contributed by atoms with Crippen LogP contribution in [0.3, 0.4) is 0 Å². The van der Waals surface area contributed by atoms with E-state index in [1.54, 1.807) is 44.5 Å².